The third-order valence-corrected chi connectivity index (χ3v) is 6.83. The van der Waals surface area contributed by atoms with Crippen LogP contribution in [0.4, 0.5) is 0 Å². The number of methoxy groups -OCH3 is 2. The Morgan fingerprint density at radius 3 is 1.28 bits per heavy atom. The van der Waals surface area contributed by atoms with Crippen LogP contribution in [0.15, 0.2) is 24.3 Å². The predicted octanol–water partition coefficient (Wildman–Crippen LogP) is 3.91. The quantitative estimate of drug-likeness (QED) is 0.376. The summed E-state index contributed by atoms with van der Waals surface area (Å²) in [5.74, 6) is -4.00. The van der Waals surface area contributed by atoms with Gasteiger partial charge < -0.3 is 19.7 Å². The first kappa shape index (κ1) is 22.5. The summed E-state index contributed by atoms with van der Waals surface area (Å²) in [7, 11) is 2.74. The van der Waals surface area contributed by atoms with E-state index in [2.05, 4.69) is 0 Å². The lowest BCUT2D eigenvalue weighted by molar-refractivity contribution is -0.111. The van der Waals surface area contributed by atoms with Gasteiger partial charge in [-0.3, -0.25) is 19.2 Å². The maximum absolute atomic E-state index is 12.7. The van der Waals surface area contributed by atoms with Gasteiger partial charge in [-0.1, -0.05) is 0 Å². The van der Waals surface area contributed by atoms with Crippen molar-refractivity contribution in [1.29, 1.82) is 0 Å². The molecule has 0 heterocycles. The summed E-state index contributed by atoms with van der Waals surface area (Å²) in [4.78, 5) is 49.5. The lowest BCUT2D eigenvalue weighted by Crippen LogP contribution is -2.23. The van der Waals surface area contributed by atoms with Crippen LogP contribution in [-0.2, 0) is 9.59 Å². The van der Waals surface area contributed by atoms with E-state index in [0.29, 0.717) is 7.14 Å². The molecule has 2 aromatic carbocycles. The molecule has 0 unspecified atom stereocenters. The second-order valence-corrected chi connectivity index (χ2v) is 9.14. The summed E-state index contributed by atoms with van der Waals surface area (Å²) in [5, 5.41) is 21.4. The van der Waals surface area contributed by atoms with Gasteiger partial charge in [-0.2, -0.15) is 0 Å². The van der Waals surface area contributed by atoms with Gasteiger partial charge in [0.25, 0.3) is 0 Å². The summed E-state index contributed by atoms with van der Waals surface area (Å²) in [6.07, 6.45) is 1.61. The molecule has 162 valence electrons. The molecule has 0 spiro atoms. The lowest BCUT2D eigenvalue weighted by Gasteiger charge is -2.26. The third kappa shape index (κ3) is 3.15. The van der Waals surface area contributed by atoms with Gasteiger partial charge >= 0.3 is 0 Å². The molecule has 0 saturated heterocycles. The van der Waals surface area contributed by atoms with E-state index in [-0.39, 0.29) is 44.9 Å². The molecule has 0 radical (unpaired) electrons. The van der Waals surface area contributed by atoms with Crippen LogP contribution >= 0.6 is 45.2 Å². The van der Waals surface area contributed by atoms with Crippen molar-refractivity contribution in [1.82, 2.24) is 0 Å². The Bertz CT molecular complexity index is 1250. The predicted molar refractivity (Wildman–Crippen MR) is 130 cm³/mol. The van der Waals surface area contributed by atoms with Crippen LogP contribution in [0.2, 0.25) is 0 Å². The van der Waals surface area contributed by atoms with Crippen molar-refractivity contribution in [3.05, 3.63) is 53.7 Å². The van der Waals surface area contributed by atoms with E-state index in [9.17, 15) is 29.4 Å². The van der Waals surface area contributed by atoms with E-state index in [1.54, 1.807) is 0 Å². The summed E-state index contributed by atoms with van der Waals surface area (Å²) < 4.78 is 11.7. The number of fused-ring (bicyclic) bond motifs is 2. The van der Waals surface area contributed by atoms with Crippen LogP contribution in [0, 0.1) is 7.14 Å². The highest BCUT2D eigenvalue weighted by molar-refractivity contribution is 14.1. The highest BCUT2D eigenvalue weighted by Gasteiger charge is 2.38. The number of hydrogen-bond donors (Lipinski definition) is 2. The molecule has 8 nitrogen and oxygen atoms in total. The first-order chi connectivity index (χ1) is 15.1. The van der Waals surface area contributed by atoms with Gasteiger partial charge in [0, 0.05) is 41.5 Å². The van der Waals surface area contributed by atoms with Crippen LogP contribution in [0.1, 0.15) is 31.8 Å². The Labute approximate surface area is 208 Å². The summed E-state index contributed by atoms with van der Waals surface area (Å²) in [5.41, 5.74) is 0.174. The molecule has 0 bridgehead atoms. The monoisotopic (exact) mass is 658 g/mol. The van der Waals surface area contributed by atoms with Crippen molar-refractivity contribution in [3.8, 4) is 22.6 Å². The van der Waals surface area contributed by atoms with Crippen molar-refractivity contribution in [3.63, 3.8) is 0 Å². The van der Waals surface area contributed by atoms with E-state index >= 15 is 0 Å². The first-order valence-corrected chi connectivity index (χ1v) is 11.1. The molecule has 2 N–H and O–H groups in total. The molecule has 2 aromatic rings. The van der Waals surface area contributed by atoms with Gasteiger partial charge in [-0.25, -0.2) is 0 Å². The second kappa shape index (κ2) is 7.99. The molecule has 0 saturated carbocycles. The maximum atomic E-state index is 12.7. The van der Waals surface area contributed by atoms with Crippen molar-refractivity contribution in [2.24, 2.45) is 0 Å². The highest BCUT2D eigenvalue weighted by Crippen LogP contribution is 2.50. The SMILES string of the molecule is COc1cc(I)c2c(c1-c1c(OC)cc(I)c3c1C(O)=CC(=O)C3=O)C(O)=CC(=O)C2=O. The summed E-state index contributed by atoms with van der Waals surface area (Å²) in [6.45, 7) is 0. The van der Waals surface area contributed by atoms with Crippen molar-refractivity contribution in [2.45, 2.75) is 0 Å². The van der Waals surface area contributed by atoms with Gasteiger partial charge in [0.1, 0.15) is 23.0 Å². The number of allylic oxidation sites excluding steroid dienone is 2. The fourth-order valence-corrected chi connectivity index (χ4v) is 5.39. The number of ether oxygens (including phenoxy) is 2. The minimum absolute atomic E-state index is 0.00259. The molecule has 4 rings (SSSR count). The number of Topliss-reactive ketones (excluding diaryl/α,β-unsaturated/α-hetero) is 2. The Morgan fingerprint density at radius 2 is 0.969 bits per heavy atom. The molecule has 2 aliphatic carbocycles. The minimum atomic E-state index is -0.885. The van der Waals surface area contributed by atoms with Gasteiger partial charge in [0.15, 0.2) is 0 Å². The highest BCUT2D eigenvalue weighted by atomic mass is 127. The molecule has 0 aromatic heterocycles. The molecule has 0 amide bonds. The Kier molecular flexibility index (Phi) is 5.61. The number of hydrogen-bond acceptors (Lipinski definition) is 8. The number of rotatable bonds is 3. The van der Waals surface area contributed by atoms with Crippen LogP contribution in [-0.4, -0.2) is 47.6 Å². The van der Waals surface area contributed by atoms with Crippen molar-refractivity contribution in [2.75, 3.05) is 14.2 Å². The van der Waals surface area contributed by atoms with Crippen LogP contribution < -0.4 is 9.47 Å². The first-order valence-electron chi connectivity index (χ1n) is 8.93. The van der Waals surface area contributed by atoms with E-state index in [1.165, 1.54) is 26.4 Å². The number of benzene rings is 2. The molecule has 0 atom stereocenters. The number of aliphatic hydroxyl groups excluding tert-OH is 2. The van der Waals surface area contributed by atoms with Gasteiger partial charge in [-0.15, -0.1) is 0 Å². The fraction of sp³-hybridized carbons (Fsp3) is 0.0909. The van der Waals surface area contributed by atoms with E-state index in [0.717, 1.165) is 12.2 Å². The lowest BCUT2D eigenvalue weighted by atomic mass is 9.81. The van der Waals surface area contributed by atoms with Crippen molar-refractivity contribution >= 4 is 79.8 Å². The van der Waals surface area contributed by atoms with E-state index in [1.807, 2.05) is 45.2 Å². The van der Waals surface area contributed by atoms with E-state index in [4.69, 9.17) is 9.47 Å². The number of carbonyl (C=O) groups excluding carboxylic acids is 4. The zero-order valence-corrected chi connectivity index (χ0v) is 20.7. The van der Waals surface area contributed by atoms with Crippen LogP contribution in [0.5, 0.6) is 11.5 Å². The molecule has 10 heteroatoms. The van der Waals surface area contributed by atoms with Gasteiger partial charge in [0.2, 0.25) is 23.1 Å². The minimum Gasteiger partial charge on any atom is -0.507 e. The third-order valence-electron chi connectivity index (χ3n) is 5.13. The fourth-order valence-electron chi connectivity index (χ4n) is 3.80. The molecule has 32 heavy (non-hydrogen) atoms. The number of ketones is 4. The molecular formula is C22H12I2O8. The van der Waals surface area contributed by atoms with Gasteiger partial charge in [0.05, 0.1) is 25.3 Å². The van der Waals surface area contributed by atoms with Crippen LogP contribution in [0.3, 0.4) is 0 Å². The molecule has 0 fully saturated rings. The smallest absolute Gasteiger partial charge is 0.234 e. The average Bonchev–Trinajstić information content (AvgIpc) is 2.74. The number of aliphatic hydroxyl groups is 2. The average molecular weight is 658 g/mol. The van der Waals surface area contributed by atoms with Crippen molar-refractivity contribution < 1.29 is 38.9 Å². The van der Waals surface area contributed by atoms with Gasteiger partial charge in [-0.05, 0) is 57.3 Å². The number of carbonyl (C=O) groups is 4. The molecule has 2 aliphatic rings. The van der Waals surface area contributed by atoms with Crippen LogP contribution in [0.25, 0.3) is 22.6 Å². The zero-order chi connectivity index (χ0) is 23.5. The maximum Gasteiger partial charge on any atom is 0.234 e. The summed E-state index contributed by atoms with van der Waals surface area (Å²) >= 11 is 3.71. The summed E-state index contributed by atoms with van der Waals surface area (Å²) in [6, 6.07) is 3.00. The Balaban J connectivity index is 2.26. The molecular weight excluding hydrogens is 646 g/mol. The van der Waals surface area contributed by atoms with E-state index < -0.39 is 34.7 Å². The Hall–Kier alpha value is -2.74. The molecule has 0 aliphatic heterocycles. The number of halogens is 2. The zero-order valence-electron chi connectivity index (χ0n) is 16.4. The standard InChI is InChI=1S/C22H12I2O8/c1-31-13-3-7(23)15-17(9(25)5-11(27)21(15)29)19(13)20-14(32-2)4-8(24)16-18(20)10(26)6-12(28)22(16)30/h3-6,25-26H,1-2H3. The largest absolute Gasteiger partial charge is 0.507 e. The normalized spacial score (nSPS) is 15.1. The Morgan fingerprint density at radius 1 is 0.625 bits per heavy atom. The topological polar surface area (TPSA) is 127 Å². The second-order valence-electron chi connectivity index (χ2n) is 6.82.